The topological polar surface area (TPSA) is 60.2 Å². The minimum absolute atomic E-state index is 0.146. The molecular weight excluding hydrogens is 266 g/mol. The van der Waals surface area contributed by atoms with Gasteiger partial charge in [0.25, 0.3) is 0 Å². The SMILES string of the molecule is c1ccc2c(c1)CC(c1noc(CC3CNCCO3)n1)C2. The second-order valence-electron chi connectivity index (χ2n) is 5.82. The van der Waals surface area contributed by atoms with E-state index in [0.29, 0.717) is 18.2 Å². The highest BCUT2D eigenvalue weighted by atomic mass is 16.5. The minimum Gasteiger partial charge on any atom is -0.375 e. The quantitative estimate of drug-likeness (QED) is 0.925. The molecule has 5 nitrogen and oxygen atoms in total. The summed E-state index contributed by atoms with van der Waals surface area (Å²) in [6, 6.07) is 8.57. The Balaban J connectivity index is 1.43. The average Bonchev–Trinajstić information content (AvgIpc) is 3.14. The molecule has 1 aliphatic carbocycles. The zero-order valence-corrected chi connectivity index (χ0v) is 11.9. The maximum absolute atomic E-state index is 5.68. The Bertz CT molecular complexity index is 594. The second kappa shape index (κ2) is 5.58. The lowest BCUT2D eigenvalue weighted by Crippen LogP contribution is -2.39. The van der Waals surface area contributed by atoms with Gasteiger partial charge in [0.2, 0.25) is 5.89 Å². The van der Waals surface area contributed by atoms with Crippen molar-refractivity contribution >= 4 is 0 Å². The Hall–Kier alpha value is -1.72. The van der Waals surface area contributed by atoms with E-state index in [1.165, 1.54) is 11.1 Å². The number of nitrogens with one attached hydrogen (secondary N) is 1. The molecule has 0 amide bonds. The van der Waals surface area contributed by atoms with E-state index in [9.17, 15) is 0 Å². The summed E-state index contributed by atoms with van der Waals surface area (Å²) < 4.78 is 11.1. The molecule has 5 heteroatoms. The first-order valence-electron chi connectivity index (χ1n) is 7.60. The Morgan fingerprint density at radius 1 is 1.19 bits per heavy atom. The van der Waals surface area contributed by atoms with Gasteiger partial charge in [-0.05, 0) is 24.0 Å². The van der Waals surface area contributed by atoms with Crippen LogP contribution in [0.25, 0.3) is 0 Å². The van der Waals surface area contributed by atoms with Crippen molar-refractivity contribution in [3.8, 4) is 0 Å². The number of morpholine rings is 1. The third kappa shape index (κ3) is 2.71. The molecular formula is C16H19N3O2. The number of ether oxygens (including phenoxy) is 1. The van der Waals surface area contributed by atoms with Crippen molar-refractivity contribution in [3.05, 3.63) is 47.1 Å². The highest BCUT2D eigenvalue weighted by Gasteiger charge is 2.27. The van der Waals surface area contributed by atoms with Crippen LogP contribution in [0.3, 0.4) is 0 Å². The van der Waals surface area contributed by atoms with E-state index < -0.39 is 0 Å². The van der Waals surface area contributed by atoms with Gasteiger partial charge in [-0.15, -0.1) is 0 Å². The number of rotatable bonds is 3. The summed E-state index contributed by atoms with van der Waals surface area (Å²) in [7, 11) is 0. The highest BCUT2D eigenvalue weighted by Crippen LogP contribution is 2.32. The van der Waals surface area contributed by atoms with Crippen LogP contribution in [-0.2, 0) is 24.0 Å². The van der Waals surface area contributed by atoms with Gasteiger partial charge in [0, 0.05) is 19.0 Å². The van der Waals surface area contributed by atoms with Crippen LogP contribution in [-0.4, -0.2) is 35.9 Å². The molecule has 2 heterocycles. The van der Waals surface area contributed by atoms with Gasteiger partial charge in [0.05, 0.1) is 19.1 Å². The van der Waals surface area contributed by atoms with Crippen molar-refractivity contribution in [1.29, 1.82) is 0 Å². The number of benzene rings is 1. The largest absolute Gasteiger partial charge is 0.375 e. The molecule has 1 N–H and O–H groups in total. The Morgan fingerprint density at radius 3 is 2.71 bits per heavy atom. The molecule has 2 aromatic rings. The standard InChI is InChI=1S/C16H19N3O2/c1-2-4-12-8-13(7-11(12)3-1)16-18-15(21-19-16)9-14-10-17-5-6-20-14/h1-4,13-14,17H,5-10H2. The van der Waals surface area contributed by atoms with Gasteiger partial charge in [0.15, 0.2) is 5.82 Å². The summed E-state index contributed by atoms with van der Waals surface area (Å²) in [6.07, 6.45) is 2.86. The molecule has 4 rings (SSSR count). The van der Waals surface area contributed by atoms with E-state index in [4.69, 9.17) is 9.26 Å². The fourth-order valence-electron chi connectivity index (χ4n) is 3.20. The molecule has 0 saturated carbocycles. The van der Waals surface area contributed by atoms with E-state index in [1.807, 2.05) is 0 Å². The van der Waals surface area contributed by atoms with Gasteiger partial charge in [-0.3, -0.25) is 0 Å². The third-order valence-electron chi connectivity index (χ3n) is 4.31. The molecule has 2 aliphatic rings. The first kappa shape index (κ1) is 13.0. The van der Waals surface area contributed by atoms with E-state index in [1.54, 1.807) is 0 Å². The number of aromatic nitrogens is 2. The van der Waals surface area contributed by atoms with Crippen LogP contribution in [0.5, 0.6) is 0 Å². The number of fused-ring (bicyclic) bond motifs is 1. The normalized spacial score (nSPS) is 22.4. The summed E-state index contributed by atoms with van der Waals surface area (Å²) >= 11 is 0. The van der Waals surface area contributed by atoms with Crippen LogP contribution in [0.2, 0.25) is 0 Å². The molecule has 21 heavy (non-hydrogen) atoms. The Kier molecular flexibility index (Phi) is 3.45. The van der Waals surface area contributed by atoms with Gasteiger partial charge >= 0.3 is 0 Å². The molecule has 1 aromatic carbocycles. The van der Waals surface area contributed by atoms with Crippen molar-refractivity contribution in [2.45, 2.75) is 31.3 Å². The van der Waals surface area contributed by atoms with Crippen molar-refractivity contribution in [2.75, 3.05) is 19.7 Å². The van der Waals surface area contributed by atoms with Crippen LogP contribution in [0.4, 0.5) is 0 Å². The van der Waals surface area contributed by atoms with E-state index in [-0.39, 0.29) is 6.10 Å². The summed E-state index contributed by atoms with van der Waals surface area (Å²) in [5, 5.41) is 7.50. The lowest BCUT2D eigenvalue weighted by atomic mass is 10.1. The lowest BCUT2D eigenvalue weighted by molar-refractivity contribution is 0.0246. The number of hydrogen-bond donors (Lipinski definition) is 1. The zero-order chi connectivity index (χ0) is 14.1. The fraction of sp³-hybridized carbons (Fsp3) is 0.500. The van der Waals surface area contributed by atoms with Crippen molar-refractivity contribution < 1.29 is 9.26 Å². The zero-order valence-electron chi connectivity index (χ0n) is 11.9. The summed E-state index contributed by atoms with van der Waals surface area (Å²) in [6.45, 7) is 2.53. The maximum atomic E-state index is 5.68. The monoisotopic (exact) mass is 285 g/mol. The van der Waals surface area contributed by atoms with E-state index >= 15 is 0 Å². The smallest absolute Gasteiger partial charge is 0.229 e. The first-order chi connectivity index (χ1) is 10.4. The predicted molar refractivity (Wildman–Crippen MR) is 77.2 cm³/mol. The van der Waals surface area contributed by atoms with Crippen LogP contribution >= 0.6 is 0 Å². The van der Waals surface area contributed by atoms with Crippen molar-refractivity contribution in [3.63, 3.8) is 0 Å². The van der Waals surface area contributed by atoms with Crippen LogP contribution in [0.1, 0.15) is 28.8 Å². The summed E-state index contributed by atoms with van der Waals surface area (Å²) in [4.78, 5) is 4.58. The average molecular weight is 285 g/mol. The van der Waals surface area contributed by atoms with E-state index in [0.717, 1.165) is 38.4 Å². The maximum Gasteiger partial charge on any atom is 0.229 e. The summed E-state index contributed by atoms with van der Waals surface area (Å²) in [5.41, 5.74) is 2.82. The molecule has 1 saturated heterocycles. The molecule has 1 unspecified atom stereocenters. The molecule has 1 atom stereocenters. The van der Waals surface area contributed by atoms with Gasteiger partial charge in [0.1, 0.15) is 0 Å². The van der Waals surface area contributed by atoms with E-state index in [2.05, 4.69) is 39.7 Å². The first-order valence-corrected chi connectivity index (χ1v) is 7.60. The molecule has 0 bridgehead atoms. The van der Waals surface area contributed by atoms with Crippen LogP contribution in [0.15, 0.2) is 28.8 Å². The van der Waals surface area contributed by atoms with Gasteiger partial charge in [-0.2, -0.15) is 4.98 Å². The molecule has 1 aromatic heterocycles. The summed E-state index contributed by atoms with van der Waals surface area (Å²) in [5.74, 6) is 1.88. The van der Waals surface area contributed by atoms with Gasteiger partial charge < -0.3 is 14.6 Å². The predicted octanol–water partition coefficient (Wildman–Crippen LogP) is 1.48. The molecule has 0 radical (unpaired) electrons. The molecule has 1 aliphatic heterocycles. The third-order valence-corrected chi connectivity index (χ3v) is 4.31. The molecule has 110 valence electrons. The number of nitrogens with zero attached hydrogens (tertiary/aromatic N) is 2. The minimum atomic E-state index is 0.146. The van der Waals surface area contributed by atoms with Crippen molar-refractivity contribution in [1.82, 2.24) is 15.5 Å². The van der Waals surface area contributed by atoms with Crippen LogP contribution < -0.4 is 5.32 Å². The Labute approximate surface area is 123 Å². The fourth-order valence-corrected chi connectivity index (χ4v) is 3.20. The Morgan fingerprint density at radius 2 is 2.00 bits per heavy atom. The highest BCUT2D eigenvalue weighted by molar-refractivity contribution is 5.34. The number of hydrogen-bond acceptors (Lipinski definition) is 5. The lowest BCUT2D eigenvalue weighted by Gasteiger charge is -2.21. The van der Waals surface area contributed by atoms with Crippen LogP contribution in [0, 0.1) is 0 Å². The van der Waals surface area contributed by atoms with Gasteiger partial charge in [-0.1, -0.05) is 29.4 Å². The molecule has 1 fully saturated rings. The molecule has 0 spiro atoms. The second-order valence-corrected chi connectivity index (χ2v) is 5.82. The van der Waals surface area contributed by atoms with Crippen molar-refractivity contribution in [2.24, 2.45) is 0 Å². The van der Waals surface area contributed by atoms with Gasteiger partial charge in [-0.25, -0.2) is 0 Å².